The van der Waals surface area contributed by atoms with Gasteiger partial charge in [0.05, 0.1) is 5.69 Å². The second kappa shape index (κ2) is 8.72. The van der Waals surface area contributed by atoms with Gasteiger partial charge in [-0.05, 0) is 80.7 Å². The number of anilines is 1. The highest BCUT2D eigenvalue weighted by molar-refractivity contribution is 6.30. The quantitative estimate of drug-likeness (QED) is 0.511. The van der Waals surface area contributed by atoms with Gasteiger partial charge in [-0.15, -0.1) is 0 Å². The molecule has 2 aliphatic heterocycles. The Kier molecular flexibility index (Phi) is 5.82. The van der Waals surface area contributed by atoms with E-state index in [2.05, 4.69) is 21.3 Å². The molecule has 2 aromatic rings. The van der Waals surface area contributed by atoms with Crippen molar-refractivity contribution in [2.24, 2.45) is 10.9 Å². The van der Waals surface area contributed by atoms with Crippen molar-refractivity contribution in [3.8, 4) is 0 Å². The lowest BCUT2D eigenvalue weighted by atomic mass is 9.67. The molecule has 2 saturated carbocycles. The zero-order valence-corrected chi connectivity index (χ0v) is 21.6. The summed E-state index contributed by atoms with van der Waals surface area (Å²) in [7, 11) is 0. The number of hydrogen-bond donors (Lipinski definition) is 1. The molecule has 0 unspecified atom stereocenters. The third kappa shape index (κ3) is 4.51. The molecule has 1 aromatic carbocycles. The molecule has 0 radical (unpaired) electrons. The molecule has 1 saturated heterocycles. The number of aliphatic imine (C=N–C) groups is 1. The van der Waals surface area contributed by atoms with Gasteiger partial charge in [0.1, 0.15) is 17.1 Å². The summed E-state index contributed by atoms with van der Waals surface area (Å²) in [5.41, 5.74) is 1.03. The maximum Gasteiger partial charge on any atom is 0.433 e. The molecular formula is C28H30ClF3N4O. The zero-order chi connectivity index (χ0) is 26.0. The summed E-state index contributed by atoms with van der Waals surface area (Å²) in [6, 6.07) is 8.48. The van der Waals surface area contributed by atoms with Crippen LogP contribution in [0.3, 0.4) is 0 Å². The van der Waals surface area contributed by atoms with Gasteiger partial charge in [0, 0.05) is 34.8 Å². The summed E-state index contributed by atoms with van der Waals surface area (Å²) in [4.78, 5) is 24.5. The predicted octanol–water partition coefficient (Wildman–Crippen LogP) is 6.06. The number of amides is 1. The molecule has 0 bridgehead atoms. The summed E-state index contributed by atoms with van der Waals surface area (Å²) in [5.74, 6) is 0.906. The predicted molar refractivity (Wildman–Crippen MR) is 137 cm³/mol. The van der Waals surface area contributed by atoms with Crippen LogP contribution in [0.4, 0.5) is 18.9 Å². The van der Waals surface area contributed by atoms with Crippen LogP contribution in [-0.4, -0.2) is 35.4 Å². The van der Waals surface area contributed by atoms with Gasteiger partial charge < -0.3 is 10.2 Å². The number of nitrogens with zero attached hydrogens (tertiary/aromatic N) is 3. The third-order valence-electron chi connectivity index (χ3n) is 8.63. The van der Waals surface area contributed by atoms with E-state index < -0.39 is 22.8 Å². The molecule has 3 fully saturated rings. The van der Waals surface area contributed by atoms with Crippen molar-refractivity contribution >= 4 is 29.0 Å². The summed E-state index contributed by atoms with van der Waals surface area (Å²) >= 11 is 6.34. The third-order valence-corrected chi connectivity index (χ3v) is 8.87. The molecule has 3 heterocycles. The first-order valence-electron chi connectivity index (χ1n) is 13.1. The first-order chi connectivity index (χ1) is 17.6. The van der Waals surface area contributed by atoms with E-state index in [1.54, 1.807) is 0 Å². The minimum atomic E-state index is -4.53. The number of hydrogen-bond acceptors (Lipinski definition) is 4. The number of pyridine rings is 1. The lowest BCUT2D eigenvalue weighted by Gasteiger charge is -2.39. The lowest BCUT2D eigenvalue weighted by Crippen LogP contribution is -2.49. The Hall–Kier alpha value is -2.61. The standard InChI is InChI=1S/C28H30ClF3N4O/c1-26(9-2-10-26)23-20(7-8-22(33-23)28(30,31)32)24-34-25(37)27(35-24)11-13-36(14-12-27)21-16-19(29)6-5-18(21)15-17-3-4-17/h5-8,16-17H,2-4,9-15H2,1H3,(H,34,35,37). The monoisotopic (exact) mass is 530 g/mol. The highest BCUT2D eigenvalue weighted by Crippen LogP contribution is 2.45. The van der Waals surface area contributed by atoms with Crippen LogP contribution in [-0.2, 0) is 22.8 Å². The van der Waals surface area contributed by atoms with Crippen molar-refractivity contribution in [2.75, 3.05) is 18.0 Å². The van der Waals surface area contributed by atoms with Crippen molar-refractivity contribution in [2.45, 2.75) is 75.4 Å². The Labute approximate surface area is 219 Å². The van der Waals surface area contributed by atoms with E-state index in [1.165, 1.54) is 24.5 Å². The number of amidine groups is 1. The van der Waals surface area contributed by atoms with Crippen LogP contribution in [0.25, 0.3) is 0 Å². The van der Waals surface area contributed by atoms with Gasteiger partial charge >= 0.3 is 6.18 Å². The first kappa shape index (κ1) is 24.7. The van der Waals surface area contributed by atoms with E-state index in [0.29, 0.717) is 48.0 Å². The molecule has 1 aromatic heterocycles. The minimum absolute atomic E-state index is 0.184. The SMILES string of the molecule is CC1(c2nc(C(F)(F)F)ccc2C2=NC3(CCN(c4cc(Cl)ccc4CC4CC4)CC3)C(=O)N2)CCC1. The average Bonchev–Trinajstić information content (AvgIpc) is 3.61. The summed E-state index contributed by atoms with van der Waals surface area (Å²) < 4.78 is 40.4. The number of aromatic nitrogens is 1. The fourth-order valence-electron chi connectivity index (χ4n) is 5.95. The van der Waals surface area contributed by atoms with Crippen molar-refractivity contribution in [1.82, 2.24) is 10.3 Å². The van der Waals surface area contributed by atoms with Gasteiger partial charge in [0.15, 0.2) is 0 Å². The Morgan fingerprint density at radius 1 is 1.11 bits per heavy atom. The largest absolute Gasteiger partial charge is 0.433 e. The molecule has 6 rings (SSSR count). The van der Waals surface area contributed by atoms with E-state index in [-0.39, 0.29) is 5.91 Å². The second-order valence-electron chi connectivity index (χ2n) is 11.4. The molecular weight excluding hydrogens is 501 g/mol. The summed E-state index contributed by atoms with van der Waals surface area (Å²) in [6.07, 6.45) is 2.57. The Morgan fingerprint density at radius 3 is 2.46 bits per heavy atom. The Bertz CT molecular complexity index is 1270. The van der Waals surface area contributed by atoms with Crippen LogP contribution in [0.15, 0.2) is 35.3 Å². The Balaban J connectivity index is 1.28. The van der Waals surface area contributed by atoms with E-state index in [9.17, 15) is 18.0 Å². The number of benzene rings is 1. The average molecular weight is 531 g/mol. The van der Waals surface area contributed by atoms with Crippen LogP contribution in [0, 0.1) is 5.92 Å². The zero-order valence-electron chi connectivity index (χ0n) is 20.8. The minimum Gasteiger partial charge on any atom is -0.371 e. The smallest absolute Gasteiger partial charge is 0.371 e. The van der Waals surface area contributed by atoms with Crippen LogP contribution in [0.1, 0.15) is 74.4 Å². The van der Waals surface area contributed by atoms with Crippen LogP contribution >= 0.6 is 11.6 Å². The van der Waals surface area contributed by atoms with Gasteiger partial charge in [0.25, 0.3) is 5.91 Å². The normalized spacial score (nSPS) is 22.6. The van der Waals surface area contributed by atoms with Gasteiger partial charge in [-0.2, -0.15) is 13.2 Å². The molecule has 0 atom stereocenters. The number of carbonyl (C=O) groups excluding carboxylic acids is 1. The van der Waals surface area contributed by atoms with E-state index in [0.717, 1.165) is 43.4 Å². The molecule has 1 amide bonds. The maximum absolute atomic E-state index is 13.5. The molecule has 5 nitrogen and oxygen atoms in total. The lowest BCUT2D eigenvalue weighted by molar-refractivity contribution is -0.141. The molecule has 196 valence electrons. The molecule has 4 aliphatic rings. The first-order valence-corrected chi connectivity index (χ1v) is 13.5. The molecule has 2 aliphatic carbocycles. The van der Waals surface area contributed by atoms with E-state index in [4.69, 9.17) is 16.6 Å². The van der Waals surface area contributed by atoms with Crippen molar-refractivity contribution < 1.29 is 18.0 Å². The van der Waals surface area contributed by atoms with Crippen molar-refractivity contribution in [3.05, 3.63) is 57.9 Å². The molecule has 1 N–H and O–H groups in total. The number of carbonyl (C=O) groups is 1. The van der Waals surface area contributed by atoms with Gasteiger partial charge in [-0.25, -0.2) is 4.98 Å². The van der Waals surface area contributed by atoms with Gasteiger partial charge in [-0.1, -0.05) is 31.0 Å². The van der Waals surface area contributed by atoms with Gasteiger partial charge in [0.2, 0.25) is 0 Å². The van der Waals surface area contributed by atoms with E-state index in [1.807, 2.05) is 19.1 Å². The fraction of sp³-hybridized carbons (Fsp3) is 0.536. The molecule has 9 heteroatoms. The Morgan fingerprint density at radius 2 is 1.84 bits per heavy atom. The van der Waals surface area contributed by atoms with Crippen molar-refractivity contribution in [1.29, 1.82) is 0 Å². The van der Waals surface area contributed by atoms with Crippen LogP contribution in [0.5, 0.6) is 0 Å². The van der Waals surface area contributed by atoms with Gasteiger partial charge in [-0.3, -0.25) is 9.79 Å². The summed E-state index contributed by atoms with van der Waals surface area (Å²) in [6.45, 7) is 3.24. The molecule has 1 spiro atoms. The maximum atomic E-state index is 13.5. The summed E-state index contributed by atoms with van der Waals surface area (Å²) in [5, 5.41) is 3.60. The topological polar surface area (TPSA) is 57.6 Å². The second-order valence-corrected chi connectivity index (χ2v) is 11.8. The number of alkyl halides is 3. The fourth-order valence-corrected chi connectivity index (χ4v) is 6.12. The highest BCUT2D eigenvalue weighted by atomic mass is 35.5. The van der Waals surface area contributed by atoms with Crippen LogP contribution < -0.4 is 10.2 Å². The van der Waals surface area contributed by atoms with Crippen LogP contribution in [0.2, 0.25) is 5.02 Å². The number of nitrogens with one attached hydrogen (secondary N) is 1. The highest BCUT2D eigenvalue weighted by Gasteiger charge is 2.48. The number of piperidine rings is 1. The van der Waals surface area contributed by atoms with E-state index >= 15 is 0 Å². The number of rotatable bonds is 5. The number of halogens is 4. The molecule has 37 heavy (non-hydrogen) atoms. The van der Waals surface area contributed by atoms with Crippen molar-refractivity contribution in [3.63, 3.8) is 0 Å².